The van der Waals surface area contributed by atoms with Gasteiger partial charge in [-0.15, -0.1) is 0 Å². The van der Waals surface area contributed by atoms with Crippen LogP contribution in [0, 0.1) is 0 Å². The van der Waals surface area contributed by atoms with Gasteiger partial charge in [-0.25, -0.2) is 0 Å². The van der Waals surface area contributed by atoms with Crippen LogP contribution in [0.25, 0.3) is 11.5 Å². The zero-order valence-corrected chi connectivity index (χ0v) is 10.2. The minimum Gasteiger partial charge on any atom is -0.506 e. The summed E-state index contributed by atoms with van der Waals surface area (Å²) < 4.78 is 10.5. The number of aromatic nitrogens is 2. The maximum absolute atomic E-state index is 9.58. The molecule has 2 aromatic rings. The normalized spacial score (nSPS) is 15.7. The van der Waals surface area contributed by atoms with Gasteiger partial charge in [0.15, 0.2) is 0 Å². The molecule has 0 radical (unpaired) electrons. The van der Waals surface area contributed by atoms with Crippen molar-refractivity contribution in [3.8, 4) is 17.2 Å². The number of nitrogens with zero attached hydrogens (tertiary/aromatic N) is 3. The fourth-order valence-corrected chi connectivity index (χ4v) is 1.90. The Morgan fingerprint density at radius 2 is 2.05 bits per heavy atom. The van der Waals surface area contributed by atoms with Gasteiger partial charge in [-0.1, -0.05) is 0 Å². The van der Waals surface area contributed by atoms with Crippen molar-refractivity contribution in [2.75, 3.05) is 36.9 Å². The minimum absolute atomic E-state index is 0.00335. The summed E-state index contributed by atoms with van der Waals surface area (Å²) in [6, 6.07) is 4.83. The van der Waals surface area contributed by atoms with Crippen molar-refractivity contribution >= 4 is 11.6 Å². The van der Waals surface area contributed by atoms with E-state index in [1.807, 2.05) is 4.90 Å². The first-order valence-corrected chi connectivity index (χ1v) is 5.99. The molecular weight excluding hydrogens is 248 g/mol. The fourth-order valence-electron chi connectivity index (χ4n) is 1.90. The van der Waals surface area contributed by atoms with Crippen LogP contribution < -0.4 is 10.6 Å². The van der Waals surface area contributed by atoms with E-state index in [1.165, 1.54) is 6.07 Å². The van der Waals surface area contributed by atoms with Gasteiger partial charge in [0.25, 0.3) is 11.8 Å². The van der Waals surface area contributed by atoms with Crippen LogP contribution in [0.1, 0.15) is 0 Å². The van der Waals surface area contributed by atoms with E-state index < -0.39 is 0 Å². The summed E-state index contributed by atoms with van der Waals surface area (Å²) in [4.78, 5) is 6.31. The molecule has 2 heterocycles. The molecule has 0 bridgehead atoms. The number of anilines is 2. The minimum atomic E-state index is 0.00335. The molecule has 0 unspecified atom stereocenters. The molecule has 0 amide bonds. The third-order valence-corrected chi connectivity index (χ3v) is 2.99. The van der Waals surface area contributed by atoms with Crippen molar-refractivity contribution in [3.63, 3.8) is 0 Å². The van der Waals surface area contributed by atoms with Crippen LogP contribution in [0.5, 0.6) is 5.75 Å². The average Bonchev–Trinajstić information content (AvgIpc) is 2.93. The molecule has 7 heteroatoms. The number of nitrogen functional groups attached to an aromatic ring is 1. The standard InChI is InChI=1S/C12H14N4O3/c13-9-2-1-8(7-10(9)17)11-14-12(15-19-11)16-3-5-18-6-4-16/h1-2,7,17H,3-6,13H2. The number of hydrogen-bond acceptors (Lipinski definition) is 7. The van der Waals surface area contributed by atoms with Crippen LogP contribution in [0.3, 0.4) is 0 Å². The molecule has 3 N–H and O–H groups in total. The molecule has 19 heavy (non-hydrogen) atoms. The summed E-state index contributed by atoms with van der Waals surface area (Å²) in [5.74, 6) is 0.898. The number of benzene rings is 1. The number of phenolic OH excluding ortho intramolecular Hbond substituents is 1. The third kappa shape index (κ3) is 2.32. The van der Waals surface area contributed by atoms with E-state index in [2.05, 4.69) is 10.1 Å². The Morgan fingerprint density at radius 1 is 1.26 bits per heavy atom. The number of morpholine rings is 1. The smallest absolute Gasteiger partial charge is 0.266 e. The monoisotopic (exact) mass is 262 g/mol. The largest absolute Gasteiger partial charge is 0.506 e. The van der Waals surface area contributed by atoms with Crippen LogP contribution in [-0.4, -0.2) is 41.6 Å². The van der Waals surface area contributed by atoms with Gasteiger partial charge in [0.2, 0.25) is 0 Å². The number of aromatic hydroxyl groups is 1. The predicted octanol–water partition coefficient (Wildman–Crippen LogP) is 0.861. The Labute approximate surface area is 109 Å². The Kier molecular flexibility index (Phi) is 2.96. The molecule has 1 aromatic carbocycles. The fraction of sp³-hybridized carbons (Fsp3) is 0.333. The molecule has 1 aromatic heterocycles. The Bertz CT molecular complexity index is 578. The van der Waals surface area contributed by atoms with Crippen LogP contribution in [0.2, 0.25) is 0 Å². The molecular formula is C12H14N4O3. The average molecular weight is 262 g/mol. The molecule has 0 aliphatic carbocycles. The van der Waals surface area contributed by atoms with Crippen molar-refractivity contribution in [2.45, 2.75) is 0 Å². The molecule has 100 valence electrons. The van der Waals surface area contributed by atoms with Crippen LogP contribution in [-0.2, 0) is 4.74 Å². The van der Waals surface area contributed by atoms with Gasteiger partial charge in [0.1, 0.15) is 5.75 Å². The second-order valence-corrected chi connectivity index (χ2v) is 4.27. The summed E-state index contributed by atoms with van der Waals surface area (Å²) in [7, 11) is 0. The van der Waals surface area contributed by atoms with E-state index in [-0.39, 0.29) is 5.75 Å². The van der Waals surface area contributed by atoms with E-state index in [0.717, 1.165) is 13.1 Å². The first kappa shape index (κ1) is 11.8. The van der Waals surface area contributed by atoms with Gasteiger partial charge in [0, 0.05) is 18.7 Å². The van der Waals surface area contributed by atoms with E-state index in [9.17, 15) is 5.11 Å². The molecule has 7 nitrogen and oxygen atoms in total. The highest BCUT2D eigenvalue weighted by Gasteiger charge is 2.18. The summed E-state index contributed by atoms with van der Waals surface area (Å²) in [6.07, 6.45) is 0. The van der Waals surface area contributed by atoms with Crippen molar-refractivity contribution < 1.29 is 14.4 Å². The van der Waals surface area contributed by atoms with E-state index >= 15 is 0 Å². The van der Waals surface area contributed by atoms with Crippen LogP contribution in [0.4, 0.5) is 11.6 Å². The topological polar surface area (TPSA) is 97.6 Å². The number of phenols is 1. The highest BCUT2D eigenvalue weighted by Crippen LogP contribution is 2.27. The molecule has 0 spiro atoms. The highest BCUT2D eigenvalue weighted by atomic mass is 16.5. The summed E-state index contributed by atoms with van der Waals surface area (Å²) in [6.45, 7) is 2.80. The Morgan fingerprint density at radius 3 is 2.79 bits per heavy atom. The summed E-state index contributed by atoms with van der Waals surface area (Å²) >= 11 is 0. The maximum Gasteiger partial charge on any atom is 0.266 e. The second kappa shape index (κ2) is 4.77. The lowest BCUT2D eigenvalue weighted by atomic mass is 10.2. The second-order valence-electron chi connectivity index (χ2n) is 4.27. The molecule has 0 atom stereocenters. The molecule has 1 aliphatic rings. The lowest BCUT2D eigenvalue weighted by molar-refractivity contribution is 0.121. The van der Waals surface area contributed by atoms with Crippen LogP contribution >= 0.6 is 0 Å². The SMILES string of the molecule is Nc1ccc(-c2nc(N3CCOCC3)no2)cc1O. The number of ether oxygens (including phenoxy) is 1. The van der Waals surface area contributed by atoms with Gasteiger partial charge in [-0.3, -0.25) is 0 Å². The molecule has 0 saturated carbocycles. The predicted molar refractivity (Wildman–Crippen MR) is 68.8 cm³/mol. The zero-order chi connectivity index (χ0) is 13.2. The summed E-state index contributed by atoms with van der Waals surface area (Å²) in [5.41, 5.74) is 6.50. The lowest BCUT2D eigenvalue weighted by Gasteiger charge is -2.24. The van der Waals surface area contributed by atoms with Gasteiger partial charge in [0.05, 0.1) is 18.9 Å². The van der Waals surface area contributed by atoms with Crippen molar-refractivity contribution in [1.29, 1.82) is 0 Å². The maximum atomic E-state index is 9.58. The number of nitrogens with two attached hydrogens (primary N) is 1. The van der Waals surface area contributed by atoms with Crippen molar-refractivity contribution in [1.82, 2.24) is 10.1 Å². The van der Waals surface area contributed by atoms with E-state index in [0.29, 0.717) is 36.3 Å². The lowest BCUT2D eigenvalue weighted by Crippen LogP contribution is -2.36. The highest BCUT2D eigenvalue weighted by molar-refractivity contribution is 5.64. The molecule has 1 fully saturated rings. The van der Waals surface area contributed by atoms with E-state index in [1.54, 1.807) is 12.1 Å². The molecule has 1 saturated heterocycles. The van der Waals surface area contributed by atoms with E-state index in [4.69, 9.17) is 15.0 Å². The van der Waals surface area contributed by atoms with Crippen molar-refractivity contribution in [2.24, 2.45) is 0 Å². The van der Waals surface area contributed by atoms with Gasteiger partial charge >= 0.3 is 0 Å². The van der Waals surface area contributed by atoms with Gasteiger partial charge < -0.3 is 25.0 Å². The first-order chi connectivity index (χ1) is 9.24. The molecule has 1 aliphatic heterocycles. The number of rotatable bonds is 2. The Balaban J connectivity index is 1.85. The first-order valence-electron chi connectivity index (χ1n) is 5.99. The Hall–Kier alpha value is -2.28. The summed E-state index contributed by atoms with van der Waals surface area (Å²) in [5, 5.41) is 13.5. The van der Waals surface area contributed by atoms with Crippen LogP contribution in [0.15, 0.2) is 22.7 Å². The van der Waals surface area contributed by atoms with Gasteiger partial charge in [-0.2, -0.15) is 4.98 Å². The zero-order valence-electron chi connectivity index (χ0n) is 10.2. The molecule has 3 rings (SSSR count). The number of hydrogen-bond donors (Lipinski definition) is 2. The quantitative estimate of drug-likeness (QED) is 0.611. The van der Waals surface area contributed by atoms with Crippen molar-refractivity contribution in [3.05, 3.63) is 18.2 Å². The van der Waals surface area contributed by atoms with Gasteiger partial charge in [-0.05, 0) is 23.4 Å². The third-order valence-electron chi connectivity index (χ3n) is 2.99.